The highest BCUT2D eigenvalue weighted by atomic mass is 35.5. The summed E-state index contributed by atoms with van der Waals surface area (Å²) in [6.07, 6.45) is 8.32. The lowest BCUT2D eigenvalue weighted by atomic mass is 9.93. The largest absolute Gasteiger partial charge is 0.480 e. The molecule has 2 aromatic carbocycles. The lowest BCUT2D eigenvalue weighted by molar-refractivity contribution is -0.141. The van der Waals surface area contributed by atoms with Gasteiger partial charge in [-0.3, -0.25) is 4.79 Å². The molecule has 1 aromatic heterocycles. The van der Waals surface area contributed by atoms with Crippen LogP contribution in [0, 0.1) is 0 Å². The number of aliphatic carboxylic acids is 1. The van der Waals surface area contributed by atoms with Crippen LogP contribution in [0.25, 0.3) is 22.3 Å². The fraction of sp³-hybridized carbons (Fsp3) is 0.333. The Morgan fingerprint density at radius 1 is 0.886 bits per heavy atom. The van der Waals surface area contributed by atoms with E-state index in [2.05, 4.69) is 14.9 Å². The van der Waals surface area contributed by atoms with Crippen molar-refractivity contribution in [2.24, 2.45) is 0 Å². The van der Waals surface area contributed by atoms with E-state index in [4.69, 9.17) is 11.6 Å². The summed E-state index contributed by atoms with van der Waals surface area (Å²) in [6.45, 7) is 2.37. The van der Waals surface area contributed by atoms with Gasteiger partial charge in [0.25, 0.3) is 5.91 Å². The number of benzene rings is 2. The van der Waals surface area contributed by atoms with Gasteiger partial charge in [-0.15, -0.1) is 0 Å². The predicted molar refractivity (Wildman–Crippen MR) is 136 cm³/mol. The number of aromatic nitrogens is 2. The standard InChI is InChI=1S/C27H27ClN4O3/c28-23-8-3-2-7-21(23)22-15-18(25(33)32-14-6-9-24(32)26(34)35)10-11-20(22)19-16-29-27(30-17-19)31-12-4-1-5-13-31/h2-3,7-8,10-11,15-17,24H,1,4-6,9,12-14H2,(H,34,35). The van der Waals surface area contributed by atoms with E-state index >= 15 is 0 Å². The van der Waals surface area contributed by atoms with Gasteiger partial charge in [-0.2, -0.15) is 0 Å². The average molecular weight is 491 g/mol. The average Bonchev–Trinajstić information content (AvgIpc) is 3.39. The minimum Gasteiger partial charge on any atom is -0.480 e. The van der Waals surface area contributed by atoms with Crippen LogP contribution in [0.4, 0.5) is 5.95 Å². The van der Waals surface area contributed by atoms with Gasteiger partial charge in [-0.05, 0) is 61.4 Å². The Morgan fingerprint density at radius 2 is 1.63 bits per heavy atom. The molecule has 2 aliphatic heterocycles. The van der Waals surface area contributed by atoms with E-state index in [-0.39, 0.29) is 5.91 Å². The molecule has 7 nitrogen and oxygen atoms in total. The summed E-state index contributed by atoms with van der Waals surface area (Å²) in [5.41, 5.74) is 3.68. The lowest BCUT2D eigenvalue weighted by Gasteiger charge is -2.26. The van der Waals surface area contributed by atoms with Crippen molar-refractivity contribution in [3.63, 3.8) is 0 Å². The van der Waals surface area contributed by atoms with Crippen molar-refractivity contribution in [2.45, 2.75) is 38.1 Å². The van der Waals surface area contributed by atoms with Crippen molar-refractivity contribution in [2.75, 3.05) is 24.5 Å². The summed E-state index contributed by atoms with van der Waals surface area (Å²) in [5, 5.41) is 10.1. The topological polar surface area (TPSA) is 86.6 Å². The molecule has 1 amide bonds. The molecule has 3 aromatic rings. The molecule has 1 N–H and O–H groups in total. The highest BCUT2D eigenvalue weighted by molar-refractivity contribution is 6.33. The number of carboxylic acids is 1. The molecule has 1 atom stereocenters. The summed E-state index contributed by atoms with van der Waals surface area (Å²) < 4.78 is 0. The van der Waals surface area contributed by atoms with E-state index in [1.54, 1.807) is 12.1 Å². The van der Waals surface area contributed by atoms with E-state index in [1.807, 2.05) is 42.7 Å². The van der Waals surface area contributed by atoms with Crippen molar-refractivity contribution < 1.29 is 14.7 Å². The number of hydrogen-bond acceptors (Lipinski definition) is 5. The third-order valence-electron chi connectivity index (χ3n) is 6.82. The van der Waals surface area contributed by atoms with Crippen molar-refractivity contribution in [1.29, 1.82) is 0 Å². The second kappa shape index (κ2) is 10.0. The molecule has 180 valence electrons. The molecular weight excluding hydrogens is 464 g/mol. The van der Waals surface area contributed by atoms with Crippen LogP contribution in [0.3, 0.4) is 0 Å². The molecule has 0 aliphatic carbocycles. The first kappa shape index (κ1) is 23.3. The van der Waals surface area contributed by atoms with Gasteiger partial charge in [0.05, 0.1) is 0 Å². The first-order valence-electron chi connectivity index (χ1n) is 12.0. The Hall–Kier alpha value is -3.45. The molecule has 35 heavy (non-hydrogen) atoms. The molecule has 5 rings (SSSR count). The van der Waals surface area contributed by atoms with Crippen LogP contribution in [0.5, 0.6) is 0 Å². The number of carbonyl (C=O) groups is 2. The number of rotatable bonds is 5. The van der Waals surface area contributed by atoms with E-state index in [9.17, 15) is 14.7 Å². The molecule has 3 heterocycles. The van der Waals surface area contributed by atoms with Crippen molar-refractivity contribution in [3.8, 4) is 22.3 Å². The van der Waals surface area contributed by atoms with Gasteiger partial charge in [0.1, 0.15) is 6.04 Å². The van der Waals surface area contributed by atoms with Crippen LogP contribution in [0.1, 0.15) is 42.5 Å². The number of likely N-dealkylation sites (tertiary alicyclic amines) is 1. The van der Waals surface area contributed by atoms with Crippen LogP contribution in [-0.2, 0) is 4.79 Å². The fourth-order valence-electron chi connectivity index (χ4n) is 4.98. The number of piperidine rings is 1. The highest BCUT2D eigenvalue weighted by Crippen LogP contribution is 2.37. The highest BCUT2D eigenvalue weighted by Gasteiger charge is 2.34. The zero-order valence-electron chi connectivity index (χ0n) is 19.4. The summed E-state index contributed by atoms with van der Waals surface area (Å²) in [6, 6.07) is 12.1. The molecule has 1 unspecified atom stereocenters. The summed E-state index contributed by atoms with van der Waals surface area (Å²) in [5.74, 6) is -0.524. The van der Waals surface area contributed by atoms with E-state index in [0.717, 1.165) is 54.1 Å². The van der Waals surface area contributed by atoms with Gasteiger partial charge in [-0.1, -0.05) is 35.9 Å². The first-order valence-corrected chi connectivity index (χ1v) is 12.4. The molecular formula is C27H27ClN4O3. The third-order valence-corrected chi connectivity index (χ3v) is 7.15. The van der Waals surface area contributed by atoms with Crippen LogP contribution in [0.2, 0.25) is 5.02 Å². The molecule has 0 bridgehead atoms. The Morgan fingerprint density at radius 3 is 2.34 bits per heavy atom. The van der Waals surface area contributed by atoms with E-state index in [1.165, 1.54) is 11.3 Å². The quantitative estimate of drug-likeness (QED) is 0.532. The second-order valence-corrected chi connectivity index (χ2v) is 9.46. The predicted octanol–water partition coefficient (Wildman–Crippen LogP) is 5.14. The van der Waals surface area contributed by atoms with Gasteiger partial charge < -0.3 is 14.9 Å². The summed E-state index contributed by atoms with van der Waals surface area (Å²) in [4.78, 5) is 37.8. The SMILES string of the molecule is O=C(O)C1CCCN1C(=O)c1ccc(-c2cnc(N3CCCCC3)nc2)c(-c2ccccc2Cl)c1. The lowest BCUT2D eigenvalue weighted by Crippen LogP contribution is -2.40. The van der Waals surface area contributed by atoms with E-state index < -0.39 is 12.0 Å². The number of nitrogens with zero attached hydrogens (tertiary/aromatic N) is 4. The van der Waals surface area contributed by atoms with Crippen molar-refractivity contribution in [1.82, 2.24) is 14.9 Å². The van der Waals surface area contributed by atoms with Crippen molar-refractivity contribution in [3.05, 3.63) is 65.4 Å². The number of halogens is 1. The summed E-state index contributed by atoms with van der Waals surface area (Å²) >= 11 is 6.56. The Balaban J connectivity index is 1.53. The van der Waals surface area contributed by atoms with E-state index in [0.29, 0.717) is 30.0 Å². The molecule has 2 saturated heterocycles. The number of amides is 1. The Kier molecular flexibility index (Phi) is 6.68. The minimum atomic E-state index is -0.968. The normalized spacial score (nSPS) is 18.0. The molecule has 0 radical (unpaired) electrons. The molecule has 0 spiro atoms. The number of carboxylic acid groups (broad SMARTS) is 1. The Labute approximate surface area is 209 Å². The molecule has 8 heteroatoms. The third kappa shape index (κ3) is 4.73. The fourth-order valence-corrected chi connectivity index (χ4v) is 5.22. The minimum absolute atomic E-state index is 0.286. The maximum Gasteiger partial charge on any atom is 0.326 e. The number of carbonyl (C=O) groups excluding carboxylic acids is 1. The van der Waals surface area contributed by atoms with Crippen LogP contribution >= 0.6 is 11.6 Å². The van der Waals surface area contributed by atoms with Gasteiger partial charge in [0.15, 0.2) is 0 Å². The van der Waals surface area contributed by atoms with Crippen LogP contribution in [-0.4, -0.2) is 57.5 Å². The smallest absolute Gasteiger partial charge is 0.326 e. The maximum absolute atomic E-state index is 13.3. The maximum atomic E-state index is 13.3. The van der Waals surface area contributed by atoms with Crippen molar-refractivity contribution >= 4 is 29.4 Å². The van der Waals surface area contributed by atoms with Gasteiger partial charge in [-0.25, -0.2) is 14.8 Å². The van der Waals surface area contributed by atoms with Gasteiger partial charge in [0.2, 0.25) is 5.95 Å². The number of hydrogen-bond donors (Lipinski definition) is 1. The number of anilines is 1. The monoisotopic (exact) mass is 490 g/mol. The van der Waals surface area contributed by atoms with Gasteiger partial charge in [0, 0.05) is 53.7 Å². The summed E-state index contributed by atoms with van der Waals surface area (Å²) in [7, 11) is 0. The second-order valence-electron chi connectivity index (χ2n) is 9.05. The molecule has 2 aliphatic rings. The first-order chi connectivity index (χ1) is 17.0. The molecule has 2 fully saturated rings. The Bertz CT molecular complexity index is 1240. The molecule has 0 saturated carbocycles. The van der Waals surface area contributed by atoms with Crippen LogP contribution < -0.4 is 4.90 Å². The zero-order valence-corrected chi connectivity index (χ0v) is 20.1. The zero-order chi connectivity index (χ0) is 24.4. The van der Waals surface area contributed by atoms with Crippen LogP contribution in [0.15, 0.2) is 54.9 Å². The van der Waals surface area contributed by atoms with Gasteiger partial charge >= 0.3 is 5.97 Å².